The van der Waals surface area contributed by atoms with Crippen LogP contribution in [0, 0.1) is 13.8 Å². The molecule has 0 fully saturated rings. The summed E-state index contributed by atoms with van der Waals surface area (Å²) in [6, 6.07) is 12.2. The quantitative estimate of drug-likeness (QED) is 0.799. The molecule has 2 aromatic rings. The molecule has 2 nitrogen and oxygen atoms in total. The Labute approximate surface area is 90.0 Å². The summed E-state index contributed by atoms with van der Waals surface area (Å²) >= 11 is 0. The summed E-state index contributed by atoms with van der Waals surface area (Å²) in [7, 11) is 0. The number of aryl methyl sites for hydroxylation is 2. The normalized spacial score (nSPS) is 10.0. The Balaban J connectivity index is 2.25. The molecule has 0 bridgehead atoms. The van der Waals surface area contributed by atoms with Crippen LogP contribution in [0.1, 0.15) is 11.1 Å². The Morgan fingerprint density at radius 1 is 1.07 bits per heavy atom. The van der Waals surface area contributed by atoms with E-state index < -0.39 is 0 Å². The lowest BCUT2D eigenvalue weighted by atomic mass is 10.2. The van der Waals surface area contributed by atoms with Crippen molar-refractivity contribution < 1.29 is 0 Å². The van der Waals surface area contributed by atoms with Crippen LogP contribution < -0.4 is 5.32 Å². The van der Waals surface area contributed by atoms with Crippen LogP contribution in [-0.4, -0.2) is 4.98 Å². The van der Waals surface area contributed by atoms with Gasteiger partial charge in [-0.3, -0.25) is 0 Å². The number of hydrogen-bond donors (Lipinski definition) is 1. The van der Waals surface area contributed by atoms with E-state index in [1.807, 2.05) is 43.5 Å². The second kappa shape index (κ2) is 4.13. The minimum Gasteiger partial charge on any atom is -0.340 e. The molecule has 1 aromatic carbocycles. The maximum atomic E-state index is 4.36. The van der Waals surface area contributed by atoms with Gasteiger partial charge in [0.05, 0.1) is 0 Å². The fourth-order valence-electron chi connectivity index (χ4n) is 1.50. The minimum absolute atomic E-state index is 0.923. The molecule has 0 saturated carbocycles. The first-order chi connectivity index (χ1) is 7.25. The van der Waals surface area contributed by atoms with Gasteiger partial charge in [-0.2, -0.15) is 0 Å². The number of benzene rings is 1. The lowest BCUT2D eigenvalue weighted by Gasteiger charge is -2.08. The van der Waals surface area contributed by atoms with E-state index in [-0.39, 0.29) is 0 Å². The van der Waals surface area contributed by atoms with Gasteiger partial charge in [0, 0.05) is 11.9 Å². The summed E-state index contributed by atoms with van der Waals surface area (Å²) in [5, 5.41) is 3.29. The van der Waals surface area contributed by atoms with Crippen molar-refractivity contribution in [1.29, 1.82) is 0 Å². The van der Waals surface area contributed by atoms with E-state index in [9.17, 15) is 0 Å². The van der Waals surface area contributed by atoms with Crippen molar-refractivity contribution in [1.82, 2.24) is 4.98 Å². The molecule has 1 heterocycles. The number of anilines is 2. The molecule has 1 aromatic heterocycles. The highest BCUT2D eigenvalue weighted by atomic mass is 15.0. The average molecular weight is 198 g/mol. The lowest BCUT2D eigenvalue weighted by Crippen LogP contribution is -1.96. The zero-order chi connectivity index (χ0) is 10.7. The molecule has 2 heteroatoms. The van der Waals surface area contributed by atoms with Gasteiger partial charge in [0.15, 0.2) is 0 Å². The van der Waals surface area contributed by atoms with Crippen LogP contribution in [0.2, 0.25) is 0 Å². The number of aromatic nitrogens is 1. The van der Waals surface area contributed by atoms with Crippen molar-refractivity contribution in [2.75, 3.05) is 5.32 Å². The molecule has 2 rings (SSSR count). The number of hydrogen-bond acceptors (Lipinski definition) is 2. The number of pyridine rings is 1. The Morgan fingerprint density at radius 2 is 1.80 bits per heavy atom. The second-order valence-corrected chi connectivity index (χ2v) is 3.67. The van der Waals surface area contributed by atoms with Crippen LogP contribution in [0.15, 0.2) is 42.6 Å². The predicted octanol–water partition coefficient (Wildman–Crippen LogP) is 3.44. The molecular weight excluding hydrogens is 184 g/mol. The molecule has 1 N–H and O–H groups in total. The summed E-state index contributed by atoms with van der Waals surface area (Å²) < 4.78 is 0. The fraction of sp³-hybridized carbons (Fsp3) is 0.154. The van der Waals surface area contributed by atoms with Gasteiger partial charge in [0.25, 0.3) is 0 Å². The van der Waals surface area contributed by atoms with E-state index in [1.54, 1.807) is 0 Å². The van der Waals surface area contributed by atoms with E-state index in [2.05, 4.69) is 23.3 Å². The Bertz CT molecular complexity index is 449. The monoisotopic (exact) mass is 198 g/mol. The summed E-state index contributed by atoms with van der Waals surface area (Å²) in [6.07, 6.45) is 1.87. The Hall–Kier alpha value is -1.83. The van der Waals surface area contributed by atoms with Gasteiger partial charge in [-0.1, -0.05) is 24.3 Å². The van der Waals surface area contributed by atoms with Crippen molar-refractivity contribution >= 4 is 11.5 Å². The third-order valence-electron chi connectivity index (χ3n) is 2.25. The van der Waals surface area contributed by atoms with Crippen molar-refractivity contribution in [2.24, 2.45) is 0 Å². The SMILES string of the molecule is Cc1cnc(Nc2ccccc2)c(C)c1. The molecule has 0 unspecified atom stereocenters. The third kappa shape index (κ3) is 2.34. The van der Waals surface area contributed by atoms with Gasteiger partial charge in [0.1, 0.15) is 5.82 Å². The van der Waals surface area contributed by atoms with Crippen molar-refractivity contribution in [2.45, 2.75) is 13.8 Å². The number of nitrogens with zero attached hydrogens (tertiary/aromatic N) is 1. The summed E-state index contributed by atoms with van der Waals surface area (Å²) in [4.78, 5) is 4.36. The standard InChI is InChI=1S/C13H14N2/c1-10-8-11(2)13(14-9-10)15-12-6-4-3-5-7-12/h3-9H,1-2H3,(H,14,15). The van der Waals surface area contributed by atoms with Gasteiger partial charge in [0.2, 0.25) is 0 Å². The van der Waals surface area contributed by atoms with Gasteiger partial charge in [-0.25, -0.2) is 4.98 Å². The van der Waals surface area contributed by atoms with E-state index in [4.69, 9.17) is 0 Å². The van der Waals surface area contributed by atoms with Crippen LogP contribution >= 0.6 is 0 Å². The molecule has 0 radical (unpaired) electrons. The number of rotatable bonds is 2. The molecule has 0 spiro atoms. The molecule has 0 aliphatic carbocycles. The van der Waals surface area contributed by atoms with Crippen molar-refractivity contribution in [3.8, 4) is 0 Å². The van der Waals surface area contributed by atoms with Crippen molar-refractivity contribution in [3.05, 3.63) is 53.7 Å². The van der Waals surface area contributed by atoms with E-state index in [0.717, 1.165) is 11.5 Å². The minimum atomic E-state index is 0.923. The van der Waals surface area contributed by atoms with E-state index >= 15 is 0 Å². The molecule has 0 aliphatic rings. The smallest absolute Gasteiger partial charge is 0.133 e. The molecule has 76 valence electrons. The van der Waals surface area contributed by atoms with Crippen LogP contribution in [0.4, 0.5) is 11.5 Å². The topological polar surface area (TPSA) is 24.9 Å². The number of nitrogens with one attached hydrogen (secondary N) is 1. The molecule has 0 amide bonds. The van der Waals surface area contributed by atoms with Crippen LogP contribution in [0.3, 0.4) is 0 Å². The molecule has 0 atom stereocenters. The molecule has 15 heavy (non-hydrogen) atoms. The van der Waals surface area contributed by atoms with Crippen LogP contribution in [-0.2, 0) is 0 Å². The summed E-state index contributed by atoms with van der Waals surface area (Å²) in [5.41, 5.74) is 3.42. The second-order valence-electron chi connectivity index (χ2n) is 3.67. The van der Waals surface area contributed by atoms with Gasteiger partial charge in [-0.05, 0) is 37.1 Å². The summed E-state index contributed by atoms with van der Waals surface area (Å²) in [6.45, 7) is 4.11. The first-order valence-corrected chi connectivity index (χ1v) is 5.01. The Kier molecular flexibility index (Phi) is 2.68. The maximum absolute atomic E-state index is 4.36. The van der Waals surface area contributed by atoms with E-state index in [1.165, 1.54) is 11.1 Å². The predicted molar refractivity (Wildman–Crippen MR) is 63.4 cm³/mol. The highest BCUT2D eigenvalue weighted by Crippen LogP contribution is 2.17. The molecule has 0 saturated heterocycles. The first-order valence-electron chi connectivity index (χ1n) is 5.01. The first kappa shape index (κ1) is 9.71. The highest BCUT2D eigenvalue weighted by molar-refractivity contribution is 5.58. The average Bonchev–Trinajstić information content (AvgIpc) is 2.24. The van der Waals surface area contributed by atoms with E-state index in [0.29, 0.717) is 0 Å². The fourth-order valence-corrected chi connectivity index (χ4v) is 1.50. The highest BCUT2D eigenvalue weighted by Gasteiger charge is 1.99. The van der Waals surface area contributed by atoms with Gasteiger partial charge >= 0.3 is 0 Å². The zero-order valence-electron chi connectivity index (χ0n) is 8.99. The third-order valence-corrected chi connectivity index (χ3v) is 2.25. The summed E-state index contributed by atoms with van der Waals surface area (Å²) in [5.74, 6) is 0.923. The largest absolute Gasteiger partial charge is 0.340 e. The Morgan fingerprint density at radius 3 is 2.47 bits per heavy atom. The van der Waals surface area contributed by atoms with Crippen LogP contribution in [0.5, 0.6) is 0 Å². The number of para-hydroxylation sites is 1. The van der Waals surface area contributed by atoms with Crippen molar-refractivity contribution in [3.63, 3.8) is 0 Å². The van der Waals surface area contributed by atoms with Gasteiger partial charge < -0.3 is 5.32 Å². The lowest BCUT2D eigenvalue weighted by molar-refractivity contribution is 1.21. The zero-order valence-corrected chi connectivity index (χ0v) is 8.99. The molecular formula is C13H14N2. The maximum Gasteiger partial charge on any atom is 0.133 e. The van der Waals surface area contributed by atoms with Gasteiger partial charge in [-0.15, -0.1) is 0 Å². The van der Waals surface area contributed by atoms with Crippen LogP contribution in [0.25, 0.3) is 0 Å². The molecule has 0 aliphatic heterocycles.